The van der Waals surface area contributed by atoms with E-state index in [0.29, 0.717) is 24.4 Å². The first-order valence-corrected chi connectivity index (χ1v) is 7.57. The number of carbonyl (C=O) groups excluding carboxylic acids is 1. The van der Waals surface area contributed by atoms with Gasteiger partial charge in [0, 0.05) is 13.0 Å². The number of benzene rings is 1. The van der Waals surface area contributed by atoms with Gasteiger partial charge in [-0.3, -0.25) is 9.59 Å². The number of unbranched alkanes of at least 4 members (excludes halogenated alkanes) is 2. The molecular formula is C16H20N4O3. The number of carboxylic acid groups (broad SMARTS) is 1. The van der Waals surface area contributed by atoms with Gasteiger partial charge in [-0.2, -0.15) is 0 Å². The fraction of sp³-hybridized carbons (Fsp3) is 0.375. The van der Waals surface area contributed by atoms with Crippen LogP contribution >= 0.6 is 0 Å². The lowest BCUT2D eigenvalue weighted by Gasteiger charge is -2.05. The minimum atomic E-state index is -0.790. The molecule has 0 spiro atoms. The second-order valence-corrected chi connectivity index (χ2v) is 5.23. The Morgan fingerprint density at radius 3 is 2.61 bits per heavy atom. The van der Waals surface area contributed by atoms with Crippen molar-refractivity contribution in [3.63, 3.8) is 0 Å². The molecule has 122 valence electrons. The zero-order chi connectivity index (χ0) is 16.7. The maximum Gasteiger partial charge on any atom is 0.303 e. The highest BCUT2D eigenvalue weighted by Crippen LogP contribution is 2.11. The number of aliphatic carboxylic acids is 1. The second kappa shape index (κ2) is 8.07. The van der Waals surface area contributed by atoms with Crippen molar-refractivity contribution in [3.8, 4) is 5.69 Å². The molecule has 2 N–H and O–H groups in total. The van der Waals surface area contributed by atoms with Gasteiger partial charge < -0.3 is 10.4 Å². The summed E-state index contributed by atoms with van der Waals surface area (Å²) >= 11 is 0. The van der Waals surface area contributed by atoms with Crippen LogP contribution in [-0.4, -0.2) is 38.5 Å². The zero-order valence-corrected chi connectivity index (χ0v) is 13.0. The van der Waals surface area contributed by atoms with Crippen molar-refractivity contribution in [2.75, 3.05) is 6.54 Å². The summed E-state index contributed by atoms with van der Waals surface area (Å²) in [5, 5.41) is 19.3. The standard InChI is InChI=1S/C16H20N4O3/c1-12-15(16(23)17-11-7-3-6-10-14(21)22)18-19-20(12)13-8-4-2-5-9-13/h2,4-5,8-9H,3,6-7,10-11H2,1H3,(H,17,23)(H,21,22). The summed E-state index contributed by atoms with van der Waals surface area (Å²) in [7, 11) is 0. The highest BCUT2D eigenvalue weighted by Gasteiger charge is 2.16. The lowest BCUT2D eigenvalue weighted by Crippen LogP contribution is -2.25. The summed E-state index contributed by atoms with van der Waals surface area (Å²) < 4.78 is 1.63. The molecule has 0 aliphatic rings. The Bertz CT molecular complexity index is 667. The quantitative estimate of drug-likeness (QED) is 0.726. The Morgan fingerprint density at radius 1 is 1.17 bits per heavy atom. The molecular weight excluding hydrogens is 296 g/mol. The lowest BCUT2D eigenvalue weighted by atomic mass is 10.2. The van der Waals surface area contributed by atoms with Gasteiger partial charge in [0.1, 0.15) is 0 Å². The van der Waals surface area contributed by atoms with Crippen molar-refractivity contribution in [1.82, 2.24) is 20.3 Å². The minimum Gasteiger partial charge on any atom is -0.481 e. The molecule has 0 bridgehead atoms. The molecule has 1 heterocycles. The Balaban J connectivity index is 1.86. The van der Waals surface area contributed by atoms with Gasteiger partial charge in [0.2, 0.25) is 0 Å². The van der Waals surface area contributed by atoms with Gasteiger partial charge in [-0.25, -0.2) is 4.68 Å². The molecule has 2 rings (SSSR count). The predicted molar refractivity (Wildman–Crippen MR) is 84.5 cm³/mol. The second-order valence-electron chi connectivity index (χ2n) is 5.23. The molecule has 0 fully saturated rings. The summed E-state index contributed by atoms with van der Waals surface area (Å²) in [5.74, 6) is -1.05. The normalized spacial score (nSPS) is 10.5. The number of aromatic nitrogens is 3. The number of hydrogen-bond acceptors (Lipinski definition) is 4. The van der Waals surface area contributed by atoms with E-state index >= 15 is 0 Å². The number of nitrogens with zero attached hydrogens (tertiary/aromatic N) is 3. The number of carbonyl (C=O) groups is 2. The summed E-state index contributed by atoms with van der Waals surface area (Å²) in [6.07, 6.45) is 2.29. The van der Waals surface area contributed by atoms with Crippen LogP contribution < -0.4 is 5.32 Å². The number of amides is 1. The van der Waals surface area contributed by atoms with Crippen LogP contribution in [0.3, 0.4) is 0 Å². The molecule has 0 unspecified atom stereocenters. The van der Waals surface area contributed by atoms with Crippen LogP contribution in [0.4, 0.5) is 0 Å². The van der Waals surface area contributed by atoms with Crippen LogP contribution in [0, 0.1) is 6.92 Å². The van der Waals surface area contributed by atoms with Crippen molar-refractivity contribution in [2.24, 2.45) is 0 Å². The average Bonchev–Trinajstić information content (AvgIpc) is 2.93. The van der Waals surface area contributed by atoms with Crippen LogP contribution in [0.2, 0.25) is 0 Å². The SMILES string of the molecule is Cc1c(C(=O)NCCCCCC(=O)O)nnn1-c1ccccc1. The van der Waals surface area contributed by atoms with Crippen LogP contribution in [0.25, 0.3) is 5.69 Å². The van der Waals surface area contributed by atoms with Gasteiger partial charge in [-0.1, -0.05) is 29.8 Å². The molecule has 2 aromatic rings. The van der Waals surface area contributed by atoms with E-state index in [4.69, 9.17) is 5.11 Å². The van der Waals surface area contributed by atoms with Gasteiger partial charge >= 0.3 is 5.97 Å². The molecule has 0 saturated heterocycles. The monoisotopic (exact) mass is 316 g/mol. The Morgan fingerprint density at radius 2 is 1.91 bits per heavy atom. The van der Waals surface area contributed by atoms with Crippen LogP contribution in [0.5, 0.6) is 0 Å². The molecule has 0 atom stereocenters. The third-order valence-corrected chi connectivity index (χ3v) is 3.46. The van der Waals surface area contributed by atoms with E-state index in [-0.39, 0.29) is 12.3 Å². The van der Waals surface area contributed by atoms with E-state index in [1.54, 1.807) is 11.6 Å². The molecule has 0 aliphatic heterocycles. The van der Waals surface area contributed by atoms with Crippen LogP contribution in [0.1, 0.15) is 41.9 Å². The van der Waals surface area contributed by atoms with Crippen LogP contribution in [0.15, 0.2) is 30.3 Å². The molecule has 0 radical (unpaired) electrons. The highest BCUT2D eigenvalue weighted by molar-refractivity contribution is 5.93. The van der Waals surface area contributed by atoms with Crippen molar-refractivity contribution in [2.45, 2.75) is 32.6 Å². The number of hydrogen-bond donors (Lipinski definition) is 2. The van der Waals surface area contributed by atoms with E-state index < -0.39 is 5.97 Å². The van der Waals surface area contributed by atoms with Gasteiger partial charge in [0.05, 0.1) is 11.4 Å². The van der Waals surface area contributed by atoms with Gasteiger partial charge in [-0.05, 0) is 31.9 Å². The van der Waals surface area contributed by atoms with Gasteiger partial charge in [0.25, 0.3) is 5.91 Å². The third kappa shape index (κ3) is 4.64. The molecule has 23 heavy (non-hydrogen) atoms. The maximum absolute atomic E-state index is 12.1. The summed E-state index contributed by atoms with van der Waals surface area (Å²) in [5.41, 5.74) is 1.84. The van der Waals surface area contributed by atoms with Gasteiger partial charge in [0.15, 0.2) is 5.69 Å². The Labute approximate surface area is 134 Å². The summed E-state index contributed by atoms with van der Waals surface area (Å²) in [4.78, 5) is 22.5. The molecule has 7 nitrogen and oxygen atoms in total. The van der Waals surface area contributed by atoms with Crippen molar-refractivity contribution in [3.05, 3.63) is 41.7 Å². The van der Waals surface area contributed by atoms with E-state index in [1.807, 2.05) is 30.3 Å². The first kappa shape index (κ1) is 16.7. The fourth-order valence-corrected chi connectivity index (χ4v) is 2.22. The van der Waals surface area contributed by atoms with Crippen molar-refractivity contribution in [1.29, 1.82) is 0 Å². The number of para-hydroxylation sites is 1. The molecule has 1 amide bonds. The predicted octanol–water partition coefficient (Wildman–Crippen LogP) is 1.95. The highest BCUT2D eigenvalue weighted by atomic mass is 16.4. The lowest BCUT2D eigenvalue weighted by molar-refractivity contribution is -0.137. The average molecular weight is 316 g/mol. The largest absolute Gasteiger partial charge is 0.481 e. The Kier molecular flexibility index (Phi) is 5.85. The van der Waals surface area contributed by atoms with Gasteiger partial charge in [-0.15, -0.1) is 5.10 Å². The fourth-order valence-electron chi connectivity index (χ4n) is 2.22. The summed E-state index contributed by atoms with van der Waals surface area (Å²) in [6, 6.07) is 9.49. The van der Waals surface area contributed by atoms with E-state index in [0.717, 1.165) is 18.5 Å². The maximum atomic E-state index is 12.1. The van der Waals surface area contributed by atoms with Crippen molar-refractivity contribution < 1.29 is 14.7 Å². The number of carboxylic acids is 1. The molecule has 0 saturated carbocycles. The molecule has 1 aromatic carbocycles. The molecule has 1 aromatic heterocycles. The molecule has 0 aliphatic carbocycles. The smallest absolute Gasteiger partial charge is 0.303 e. The zero-order valence-electron chi connectivity index (χ0n) is 13.0. The topological polar surface area (TPSA) is 97.1 Å². The van der Waals surface area contributed by atoms with E-state index in [2.05, 4.69) is 15.6 Å². The third-order valence-electron chi connectivity index (χ3n) is 3.46. The summed E-state index contributed by atoms with van der Waals surface area (Å²) in [6.45, 7) is 2.30. The van der Waals surface area contributed by atoms with Crippen LogP contribution in [-0.2, 0) is 4.79 Å². The number of nitrogens with one attached hydrogen (secondary N) is 1. The molecule has 7 heteroatoms. The number of rotatable bonds is 8. The minimum absolute atomic E-state index is 0.165. The van der Waals surface area contributed by atoms with Crippen molar-refractivity contribution >= 4 is 11.9 Å². The first-order valence-electron chi connectivity index (χ1n) is 7.57. The van der Waals surface area contributed by atoms with E-state index in [9.17, 15) is 9.59 Å². The first-order chi connectivity index (χ1) is 11.1. The van der Waals surface area contributed by atoms with E-state index in [1.165, 1.54) is 0 Å². The Hall–Kier alpha value is -2.70.